The fourth-order valence-corrected chi connectivity index (χ4v) is 4.69. The summed E-state index contributed by atoms with van der Waals surface area (Å²) in [6.07, 6.45) is 0.732. The van der Waals surface area contributed by atoms with E-state index in [1.165, 1.54) is 24.1 Å². The molecular formula is C28H24N4O6. The number of aromatic nitrogens is 1. The Morgan fingerprint density at radius 3 is 2.58 bits per heavy atom. The number of non-ortho nitro benzene ring substituents is 1. The van der Waals surface area contributed by atoms with Crippen LogP contribution in [0.3, 0.4) is 0 Å². The standard InChI is InChI=1S/C28H24N4O6/c1-38-28(35)23-13-14-24(33)31(23)16-17-7-9-19(10-8-17)29-26(18-5-3-2-4-6-18)25-21-15-20(32(36)37)11-12-22(21)30-27(25)34/h2-12,15,23,30,34H,13-14,16H2,1H3. The third-order valence-corrected chi connectivity index (χ3v) is 6.59. The first-order valence-corrected chi connectivity index (χ1v) is 12.0. The Labute approximate surface area is 217 Å². The van der Waals surface area contributed by atoms with Gasteiger partial charge in [-0.25, -0.2) is 9.79 Å². The molecule has 4 aromatic rings. The number of benzene rings is 3. The second-order valence-electron chi connectivity index (χ2n) is 8.93. The molecule has 192 valence electrons. The minimum Gasteiger partial charge on any atom is -0.494 e. The average Bonchev–Trinajstić information content (AvgIpc) is 3.46. The highest BCUT2D eigenvalue weighted by Gasteiger charge is 2.36. The van der Waals surface area contributed by atoms with Gasteiger partial charge < -0.3 is 19.7 Å². The molecule has 1 fully saturated rings. The zero-order valence-corrected chi connectivity index (χ0v) is 20.5. The van der Waals surface area contributed by atoms with Gasteiger partial charge in [0, 0.05) is 41.6 Å². The van der Waals surface area contributed by atoms with E-state index >= 15 is 0 Å². The Balaban J connectivity index is 1.53. The molecule has 1 aromatic heterocycles. The van der Waals surface area contributed by atoms with Crippen LogP contribution in [0.2, 0.25) is 0 Å². The Bertz CT molecular complexity index is 1560. The molecule has 0 spiro atoms. The van der Waals surface area contributed by atoms with E-state index in [-0.39, 0.29) is 24.0 Å². The van der Waals surface area contributed by atoms with Crippen molar-refractivity contribution in [1.29, 1.82) is 0 Å². The van der Waals surface area contributed by atoms with Crippen LogP contribution in [0.1, 0.15) is 29.5 Å². The third-order valence-electron chi connectivity index (χ3n) is 6.59. The number of aromatic hydroxyl groups is 1. The number of fused-ring (bicyclic) bond motifs is 1. The third kappa shape index (κ3) is 4.71. The molecule has 1 unspecified atom stereocenters. The number of likely N-dealkylation sites (tertiary alicyclic amines) is 1. The summed E-state index contributed by atoms with van der Waals surface area (Å²) in [5, 5.41) is 22.7. The van der Waals surface area contributed by atoms with Gasteiger partial charge in [0.25, 0.3) is 5.69 Å². The number of esters is 1. The minimum absolute atomic E-state index is 0.0993. The maximum Gasteiger partial charge on any atom is 0.328 e. The lowest BCUT2D eigenvalue weighted by Crippen LogP contribution is -2.38. The van der Waals surface area contributed by atoms with Gasteiger partial charge in [-0.05, 0) is 30.2 Å². The Kier molecular flexibility index (Phi) is 6.61. The van der Waals surface area contributed by atoms with Gasteiger partial charge >= 0.3 is 5.97 Å². The van der Waals surface area contributed by atoms with Crippen molar-refractivity contribution >= 4 is 39.9 Å². The number of nitrogens with zero attached hydrogens (tertiary/aromatic N) is 3. The van der Waals surface area contributed by atoms with Crippen LogP contribution < -0.4 is 0 Å². The number of hydrogen-bond acceptors (Lipinski definition) is 7. The molecule has 1 amide bonds. The van der Waals surface area contributed by atoms with Crippen molar-refractivity contribution in [2.45, 2.75) is 25.4 Å². The number of nitrogens with one attached hydrogen (secondary N) is 1. The number of rotatable bonds is 7. The zero-order chi connectivity index (χ0) is 26.8. The molecule has 1 aliphatic rings. The van der Waals surface area contributed by atoms with Crippen LogP contribution in [0.4, 0.5) is 11.4 Å². The van der Waals surface area contributed by atoms with Gasteiger partial charge in [-0.3, -0.25) is 14.9 Å². The van der Waals surface area contributed by atoms with Crippen LogP contribution in [0.15, 0.2) is 77.8 Å². The summed E-state index contributed by atoms with van der Waals surface area (Å²) in [7, 11) is 1.31. The molecule has 0 radical (unpaired) electrons. The highest BCUT2D eigenvalue weighted by molar-refractivity contribution is 6.22. The molecule has 0 saturated carbocycles. The van der Waals surface area contributed by atoms with Gasteiger partial charge in [-0.1, -0.05) is 42.5 Å². The number of aromatic amines is 1. The molecule has 10 heteroatoms. The average molecular weight is 513 g/mol. The number of nitro benzene ring substituents is 1. The molecule has 5 rings (SSSR count). The lowest BCUT2D eigenvalue weighted by atomic mass is 10.0. The summed E-state index contributed by atoms with van der Waals surface area (Å²) in [6, 6.07) is 20.2. The quantitative estimate of drug-likeness (QED) is 0.160. The number of H-pyrrole nitrogens is 1. The van der Waals surface area contributed by atoms with E-state index in [4.69, 9.17) is 9.73 Å². The topological polar surface area (TPSA) is 138 Å². The zero-order valence-electron chi connectivity index (χ0n) is 20.5. The van der Waals surface area contributed by atoms with E-state index in [0.29, 0.717) is 46.3 Å². The molecule has 1 aliphatic heterocycles. The highest BCUT2D eigenvalue weighted by Crippen LogP contribution is 2.34. The Morgan fingerprint density at radius 2 is 1.89 bits per heavy atom. The predicted molar refractivity (Wildman–Crippen MR) is 140 cm³/mol. The smallest absolute Gasteiger partial charge is 0.328 e. The second kappa shape index (κ2) is 10.2. The predicted octanol–water partition coefficient (Wildman–Crippen LogP) is 4.61. The molecule has 3 aromatic carbocycles. The van der Waals surface area contributed by atoms with Crippen LogP contribution in [0.5, 0.6) is 5.88 Å². The van der Waals surface area contributed by atoms with Crippen molar-refractivity contribution in [1.82, 2.24) is 9.88 Å². The first-order valence-electron chi connectivity index (χ1n) is 12.0. The van der Waals surface area contributed by atoms with Crippen LogP contribution in [-0.2, 0) is 20.9 Å². The van der Waals surface area contributed by atoms with Crippen molar-refractivity contribution in [2.24, 2.45) is 4.99 Å². The van der Waals surface area contributed by atoms with E-state index in [1.54, 1.807) is 18.2 Å². The first kappa shape index (κ1) is 24.7. The van der Waals surface area contributed by atoms with Crippen molar-refractivity contribution in [2.75, 3.05) is 7.11 Å². The monoisotopic (exact) mass is 512 g/mol. The van der Waals surface area contributed by atoms with Crippen LogP contribution in [0, 0.1) is 10.1 Å². The van der Waals surface area contributed by atoms with Crippen LogP contribution >= 0.6 is 0 Å². The normalized spacial score (nSPS) is 15.7. The number of aliphatic imine (C=N–C) groups is 1. The molecule has 0 bridgehead atoms. The van der Waals surface area contributed by atoms with Gasteiger partial charge in [0.2, 0.25) is 5.91 Å². The van der Waals surface area contributed by atoms with E-state index in [0.717, 1.165) is 5.56 Å². The van der Waals surface area contributed by atoms with E-state index in [9.17, 15) is 24.8 Å². The lowest BCUT2D eigenvalue weighted by molar-refractivity contribution is -0.384. The molecule has 2 N–H and O–H groups in total. The molecule has 1 atom stereocenters. The largest absolute Gasteiger partial charge is 0.494 e. The van der Waals surface area contributed by atoms with Crippen molar-refractivity contribution < 1.29 is 24.4 Å². The summed E-state index contributed by atoms with van der Waals surface area (Å²) >= 11 is 0. The molecular weight excluding hydrogens is 488 g/mol. The SMILES string of the molecule is COC(=O)C1CCC(=O)N1Cc1ccc(N=C(c2ccccc2)c2c(O)[nH]c3ccc([N+](=O)[O-])cc23)cc1. The Morgan fingerprint density at radius 1 is 1.16 bits per heavy atom. The van der Waals surface area contributed by atoms with Crippen LogP contribution in [-0.4, -0.2) is 50.7 Å². The van der Waals surface area contributed by atoms with Gasteiger partial charge in [0.15, 0.2) is 5.88 Å². The lowest BCUT2D eigenvalue weighted by Gasteiger charge is -2.22. The fourth-order valence-electron chi connectivity index (χ4n) is 4.69. The number of nitro groups is 1. The number of hydrogen-bond donors (Lipinski definition) is 2. The maximum absolute atomic E-state index is 12.3. The number of ether oxygens (including phenoxy) is 1. The second-order valence-corrected chi connectivity index (χ2v) is 8.93. The van der Waals surface area contributed by atoms with Gasteiger partial charge in [0.1, 0.15) is 6.04 Å². The van der Waals surface area contributed by atoms with E-state index in [2.05, 4.69) is 4.98 Å². The first-order chi connectivity index (χ1) is 18.4. The summed E-state index contributed by atoms with van der Waals surface area (Å²) < 4.78 is 4.84. The number of methoxy groups -OCH3 is 1. The molecule has 10 nitrogen and oxygen atoms in total. The van der Waals surface area contributed by atoms with Gasteiger partial charge in [-0.15, -0.1) is 0 Å². The number of amides is 1. The number of carbonyl (C=O) groups is 2. The van der Waals surface area contributed by atoms with E-state index < -0.39 is 16.9 Å². The molecule has 2 heterocycles. The Hall–Kier alpha value is -4.99. The van der Waals surface area contributed by atoms with E-state index in [1.807, 2.05) is 42.5 Å². The fraction of sp³-hybridized carbons (Fsp3) is 0.179. The minimum atomic E-state index is -0.594. The van der Waals surface area contributed by atoms with Gasteiger partial charge in [0.05, 0.1) is 29.0 Å². The molecule has 38 heavy (non-hydrogen) atoms. The summed E-state index contributed by atoms with van der Waals surface area (Å²) in [4.78, 5) is 44.5. The number of carbonyl (C=O) groups excluding carboxylic acids is 2. The highest BCUT2D eigenvalue weighted by atomic mass is 16.6. The van der Waals surface area contributed by atoms with Crippen molar-refractivity contribution in [3.8, 4) is 5.88 Å². The maximum atomic E-state index is 12.3. The molecule has 1 saturated heterocycles. The summed E-state index contributed by atoms with van der Waals surface area (Å²) in [6.45, 7) is 0.265. The van der Waals surface area contributed by atoms with Crippen LogP contribution in [0.25, 0.3) is 10.9 Å². The molecule has 0 aliphatic carbocycles. The van der Waals surface area contributed by atoms with Crippen molar-refractivity contribution in [3.05, 3.63) is 99.6 Å². The van der Waals surface area contributed by atoms with Gasteiger partial charge in [-0.2, -0.15) is 0 Å². The summed E-state index contributed by atoms with van der Waals surface area (Å²) in [5.41, 5.74) is 3.33. The van der Waals surface area contributed by atoms with Crippen molar-refractivity contribution in [3.63, 3.8) is 0 Å². The summed E-state index contributed by atoms with van der Waals surface area (Å²) in [5.74, 6) is -0.678.